The van der Waals surface area contributed by atoms with Crippen molar-refractivity contribution in [1.82, 2.24) is 4.57 Å². The van der Waals surface area contributed by atoms with Crippen LogP contribution in [0.1, 0.15) is 0 Å². The zero-order valence-electron chi connectivity index (χ0n) is 9.76. The lowest BCUT2D eigenvalue weighted by Crippen LogP contribution is -2.12. The first-order valence-electron chi connectivity index (χ1n) is 5.24. The molecule has 0 aliphatic heterocycles. The molecule has 0 amide bonds. The third kappa shape index (κ3) is 2.24. The Bertz CT molecular complexity index is 679. The molecule has 5 nitrogen and oxygen atoms in total. The van der Waals surface area contributed by atoms with Crippen molar-refractivity contribution in [3.8, 4) is 0 Å². The fourth-order valence-electron chi connectivity index (χ4n) is 1.86. The van der Waals surface area contributed by atoms with Crippen molar-refractivity contribution < 1.29 is 17.5 Å². The van der Waals surface area contributed by atoms with Crippen molar-refractivity contribution in [2.75, 3.05) is 13.7 Å². The number of nitrogens with two attached hydrogens (primary N) is 1. The van der Waals surface area contributed by atoms with E-state index in [1.54, 1.807) is 10.6 Å². The molecule has 1 aromatic carbocycles. The van der Waals surface area contributed by atoms with Gasteiger partial charge in [-0.2, -0.15) is 0 Å². The second-order valence-corrected chi connectivity index (χ2v) is 5.39. The minimum Gasteiger partial charge on any atom is -0.383 e. The molecule has 98 valence electrons. The Morgan fingerprint density at radius 3 is 2.78 bits per heavy atom. The molecule has 0 fully saturated rings. The van der Waals surface area contributed by atoms with Crippen LogP contribution in [-0.2, 0) is 21.3 Å². The zero-order chi connectivity index (χ0) is 13.3. The standard InChI is InChI=1S/C11H13FN2O3S/c1-17-6-5-14-7-10(18(13,15)16)11-8(12)3-2-4-9(11)14/h2-4,7H,5-6H2,1H3,(H2,13,15,16). The molecule has 2 N–H and O–H groups in total. The van der Waals surface area contributed by atoms with Gasteiger partial charge < -0.3 is 9.30 Å². The number of hydrogen-bond acceptors (Lipinski definition) is 3. The number of halogens is 1. The smallest absolute Gasteiger partial charge is 0.240 e. The largest absolute Gasteiger partial charge is 0.383 e. The van der Waals surface area contributed by atoms with E-state index < -0.39 is 15.8 Å². The van der Waals surface area contributed by atoms with Crippen molar-refractivity contribution in [2.45, 2.75) is 11.4 Å². The van der Waals surface area contributed by atoms with Crippen LogP contribution in [0.15, 0.2) is 29.3 Å². The molecule has 0 bridgehead atoms. The lowest BCUT2D eigenvalue weighted by Gasteiger charge is -2.03. The maximum atomic E-state index is 13.7. The van der Waals surface area contributed by atoms with E-state index in [-0.39, 0.29) is 10.3 Å². The van der Waals surface area contributed by atoms with Gasteiger partial charge >= 0.3 is 0 Å². The number of benzene rings is 1. The normalized spacial score (nSPS) is 12.2. The molecule has 7 heteroatoms. The Labute approximate surface area is 104 Å². The quantitative estimate of drug-likeness (QED) is 0.904. The summed E-state index contributed by atoms with van der Waals surface area (Å²) in [6.45, 7) is 0.816. The van der Waals surface area contributed by atoms with Gasteiger partial charge in [-0.1, -0.05) is 6.07 Å². The van der Waals surface area contributed by atoms with Crippen molar-refractivity contribution in [3.63, 3.8) is 0 Å². The number of primary sulfonamides is 1. The minimum atomic E-state index is -3.96. The van der Waals surface area contributed by atoms with Crippen molar-refractivity contribution >= 4 is 20.9 Å². The fourth-order valence-corrected chi connectivity index (χ4v) is 2.62. The van der Waals surface area contributed by atoms with E-state index >= 15 is 0 Å². The molecule has 1 aromatic heterocycles. The van der Waals surface area contributed by atoms with Gasteiger partial charge in [0.15, 0.2) is 0 Å². The van der Waals surface area contributed by atoms with E-state index in [0.717, 1.165) is 0 Å². The van der Waals surface area contributed by atoms with E-state index in [1.807, 2.05) is 0 Å². The lowest BCUT2D eigenvalue weighted by atomic mass is 10.2. The molecule has 0 spiro atoms. The van der Waals surface area contributed by atoms with Gasteiger partial charge in [-0.05, 0) is 12.1 Å². The van der Waals surface area contributed by atoms with Gasteiger partial charge in [0.1, 0.15) is 10.7 Å². The Hall–Kier alpha value is -1.44. The number of rotatable bonds is 4. The van der Waals surface area contributed by atoms with Crippen LogP contribution in [0.5, 0.6) is 0 Å². The van der Waals surface area contributed by atoms with Crippen LogP contribution in [0.4, 0.5) is 4.39 Å². The van der Waals surface area contributed by atoms with E-state index in [1.165, 1.54) is 25.4 Å². The van der Waals surface area contributed by atoms with Gasteiger partial charge in [-0.25, -0.2) is 17.9 Å². The Morgan fingerprint density at radius 1 is 1.44 bits per heavy atom. The molecule has 0 unspecified atom stereocenters. The number of hydrogen-bond donors (Lipinski definition) is 1. The van der Waals surface area contributed by atoms with Gasteiger partial charge in [0.05, 0.1) is 17.5 Å². The molecule has 0 saturated carbocycles. The molecule has 0 atom stereocenters. The van der Waals surface area contributed by atoms with Crippen LogP contribution < -0.4 is 5.14 Å². The predicted molar refractivity (Wildman–Crippen MR) is 65.1 cm³/mol. The summed E-state index contributed by atoms with van der Waals surface area (Å²) in [6, 6.07) is 4.37. The van der Waals surface area contributed by atoms with Crippen LogP contribution in [0.3, 0.4) is 0 Å². The van der Waals surface area contributed by atoms with Gasteiger partial charge in [0.2, 0.25) is 10.0 Å². The molecule has 0 aliphatic carbocycles. The number of aromatic nitrogens is 1. The van der Waals surface area contributed by atoms with Crippen LogP contribution in [0, 0.1) is 5.82 Å². The summed E-state index contributed by atoms with van der Waals surface area (Å²) < 4.78 is 43.2. The fraction of sp³-hybridized carbons (Fsp3) is 0.273. The maximum absolute atomic E-state index is 13.7. The van der Waals surface area contributed by atoms with E-state index in [2.05, 4.69) is 0 Å². The highest BCUT2D eigenvalue weighted by Crippen LogP contribution is 2.27. The first-order chi connectivity index (χ1) is 8.45. The Morgan fingerprint density at radius 2 is 2.17 bits per heavy atom. The minimum absolute atomic E-state index is 0.0242. The number of methoxy groups -OCH3 is 1. The summed E-state index contributed by atoms with van der Waals surface area (Å²) in [5, 5.41) is 5.12. The third-order valence-corrected chi connectivity index (χ3v) is 3.59. The second kappa shape index (κ2) is 4.68. The summed E-state index contributed by atoms with van der Waals surface area (Å²) in [5.74, 6) is -0.604. The van der Waals surface area contributed by atoms with Crippen molar-refractivity contribution in [1.29, 1.82) is 0 Å². The monoisotopic (exact) mass is 272 g/mol. The van der Waals surface area contributed by atoms with Gasteiger partial charge in [0.25, 0.3) is 0 Å². The molecule has 0 aliphatic rings. The summed E-state index contributed by atoms with van der Waals surface area (Å²) in [7, 11) is -2.42. The second-order valence-electron chi connectivity index (χ2n) is 3.86. The topological polar surface area (TPSA) is 74.3 Å². The van der Waals surface area contributed by atoms with Gasteiger partial charge in [0, 0.05) is 19.9 Å². The number of ether oxygens (including phenoxy) is 1. The summed E-state index contributed by atoms with van der Waals surface area (Å²) in [6.07, 6.45) is 1.34. The first kappa shape index (κ1) is 13.0. The number of nitrogens with zero attached hydrogens (tertiary/aromatic N) is 1. The van der Waals surface area contributed by atoms with Crippen LogP contribution in [0.25, 0.3) is 10.9 Å². The highest BCUT2D eigenvalue weighted by Gasteiger charge is 2.19. The molecule has 18 heavy (non-hydrogen) atoms. The highest BCUT2D eigenvalue weighted by atomic mass is 32.2. The van der Waals surface area contributed by atoms with E-state index in [0.29, 0.717) is 18.7 Å². The van der Waals surface area contributed by atoms with Crippen LogP contribution >= 0.6 is 0 Å². The molecule has 2 rings (SSSR count). The lowest BCUT2D eigenvalue weighted by molar-refractivity contribution is 0.188. The average molecular weight is 272 g/mol. The summed E-state index contributed by atoms with van der Waals surface area (Å²) in [5.41, 5.74) is 0.482. The number of fused-ring (bicyclic) bond motifs is 1. The highest BCUT2D eigenvalue weighted by molar-refractivity contribution is 7.89. The van der Waals surface area contributed by atoms with E-state index in [9.17, 15) is 12.8 Å². The zero-order valence-corrected chi connectivity index (χ0v) is 10.6. The summed E-state index contributed by atoms with van der Waals surface area (Å²) >= 11 is 0. The van der Waals surface area contributed by atoms with E-state index in [4.69, 9.17) is 9.88 Å². The van der Waals surface area contributed by atoms with Crippen LogP contribution in [0.2, 0.25) is 0 Å². The Balaban J connectivity index is 2.72. The molecular formula is C11H13FN2O3S. The van der Waals surface area contributed by atoms with Crippen molar-refractivity contribution in [2.24, 2.45) is 5.14 Å². The Kier molecular flexibility index (Phi) is 3.38. The summed E-state index contributed by atoms with van der Waals surface area (Å²) in [4.78, 5) is -0.202. The predicted octanol–water partition coefficient (Wildman–Crippen LogP) is 1.07. The third-order valence-electron chi connectivity index (χ3n) is 2.66. The van der Waals surface area contributed by atoms with Crippen LogP contribution in [-0.4, -0.2) is 26.7 Å². The van der Waals surface area contributed by atoms with Gasteiger partial charge in [-0.15, -0.1) is 0 Å². The molecule has 0 radical (unpaired) electrons. The molecule has 1 heterocycles. The number of sulfonamides is 1. The average Bonchev–Trinajstić information content (AvgIpc) is 2.66. The van der Waals surface area contributed by atoms with Crippen molar-refractivity contribution in [3.05, 3.63) is 30.2 Å². The maximum Gasteiger partial charge on any atom is 0.240 e. The molecule has 0 saturated heterocycles. The molecular weight excluding hydrogens is 259 g/mol. The first-order valence-corrected chi connectivity index (χ1v) is 6.79. The molecule has 2 aromatic rings. The van der Waals surface area contributed by atoms with Gasteiger partial charge in [-0.3, -0.25) is 0 Å². The SMILES string of the molecule is COCCn1cc(S(N)(=O)=O)c2c(F)cccc21.